The maximum atomic E-state index is 4.24. The van der Waals surface area contributed by atoms with Crippen molar-refractivity contribution in [3.63, 3.8) is 0 Å². The van der Waals surface area contributed by atoms with E-state index in [0.717, 1.165) is 11.3 Å². The molecule has 0 unspecified atom stereocenters. The Balaban J connectivity index is 2.40. The normalized spacial score (nSPS) is 9.79. The fourth-order valence-corrected chi connectivity index (χ4v) is 1.25. The van der Waals surface area contributed by atoms with Gasteiger partial charge in [-0.2, -0.15) is 0 Å². The monoisotopic (exact) mass is 185 g/mol. The van der Waals surface area contributed by atoms with Crippen LogP contribution in [0.2, 0.25) is 0 Å². The van der Waals surface area contributed by atoms with Crippen LogP contribution < -0.4 is 5.32 Å². The van der Waals surface area contributed by atoms with Crippen LogP contribution >= 0.6 is 0 Å². The Morgan fingerprint density at radius 3 is 3.29 bits per heavy atom. The third-order valence-corrected chi connectivity index (χ3v) is 1.90. The maximum Gasteiger partial charge on any atom is 0.137 e. The molecule has 0 saturated heterocycles. The third kappa shape index (κ3) is 1.61. The minimum Gasteiger partial charge on any atom is -0.309 e. The van der Waals surface area contributed by atoms with Crippen molar-refractivity contribution in [3.05, 3.63) is 36.3 Å². The van der Waals surface area contributed by atoms with Crippen molar-refractivity contribution >= 4 is 5.65 Å². The summed E-state index contributed by atoms with van der Waals surface area (Å²) in [5.41, 5.74) is 1.86. The molecule has 2 aromatic heterocycles. The molecule has 0 bridgehead atoms. The number of fused-ring (bicyclic) bond motifs is 1. The Kier molecular flexibility index (Phi) is 2.48. The molecule has 2 rings (SSSR count). The molecule has 0 aliphatic heterocycles. The highest BCUT2D eigenvalue weighted by molar-refractivity contribution is 5.44. The van der Waals surface area contributed by atoms with Crippen LogP contribution in [0.5, 0.6) is 0 Å². The van der Waals surface area contributed by atoms with Crippen LogP contribution in [0, 0.1) is 11.8 Å². The zero-order chi connectivity index (χ0) is 9.80. The van der Waals surface area contributed by atoms with Crippen molar-refractivity contribution in [2.24, 2.45) is 0 Å². The lowest BCUT2D eigenvalue weighted by molar-refractivity contribution is 0.938. The summed E-state index contributed by atoms with van der Waals surface area (Å²) in [5, 5.41) is 2.97. The number of nitrogens with one attached hydrogen (secondary N) is 1. The average Bonchev–Trinajstić information content (AvgIpc) is 2.63. The second kappa shape index (κ2) is 3.95. The lowest BCUT2D eigenvalue weighted by atomic mass is 10.4. The Hall–Kier alpha value is -1.79. The van der Waals surface area contributed by atoms with Gasteiger partial charge in [-0.05, 0) is 25.1 Å². The van der Waals surface area contributed by atoms with Crippen LogP contribution in [0.3, 0.4) is 0 Å². The first-order valence-corrected chi connectivity index (χ1v) is 4.47. The second-order valence-corrected chi connectivity index (χ2v) is 2.90. The van der Waals surface area contributed by atoms with E-state index in [4.69, 9.17) is 0 Å². The van der Waals surface area contributed by atoms with Crippen LogP contribution in [0.4, 0.5) is 0 Å². The molecular formula is C11H11N3. The first-order chi connectivity index (χ1) is 6.92. The molecule has 1 N–H and O–H groups in total. The van der Waals surface area contributed by atoms with Crippen LogP contribution in [-0.4, -0.2) is 23.0 Å². The molecule has 0 fully saturated rings. The molecule has 2 heterocycles. The smallest absolute Gasteiger partial charge is 0.137 e. The van der Waals surface area contributed by atoms with Crippen molar-refractivity contribution in [1.29, 1.82) is 0 Å². The Morgan fingerprint density at radius 1 is 1.50 bits per heavy atom. The second-order valence-electron chi connectivity index (χ2n) is 2.90. The average molecular weight is 185 g/mol. The predicted octanol–water partition coefficient (Wildman–Crippen LogP) is 0.905. The van der Waals surface area contributed by atoms with Gasteiger partial charge in [0.25, 0.3) is 0 Å². The van der Waals surface area contributed by atoms with E-state index in [1.807, 2.05) is 35.8 Å². The van der Waals surface area contributed by atoms with Gasteiger partial charge in [-0.3, -0.25) is 4.40 Å². The summed E-state index contributed by atoms with van der Waals surface area (Å²) in [5.74, 6) is 6.06. The number of rotatable bonds is 1. The minimum absolute atomic E-state index is 0.695. The lowest BCUT2D eigenvalue weighted by Gasteiger charge is -1.92. The number of aromatic nitrogens is 2. The molecule has 70 valence electrons. The van der Waals surface area contributed by atoms with Gasteiger partial charge in [0.2, 0.25) is 0 Å². The van der Waals surface area contributed by atoms with E-state index < -0.39 is 0 Å². The molecule has 3 nitrogen and oxygen atoms in total. The van der Waals surface area contributed by atoms with E-state index in [2.05, 4.69) is 22.1 Å². The van der Waals surface area contributed by atoms with Crippen molar-refractivity contribution in [1.82, 2.24) is 14.7 Å². The summed E-state index contributed by atoms with van der Waals surface area (Å²) >= 11 is 0. The maximum absolute atomic E-state index is 4.24. The van der Waals surface area contributed by atoms with E-state index in [9.17, 15) is 0 Å². The van der Waals surface area contributed by atoms with Gasteiger partial charge in [-0.25, -0.2) is 4.98 Å². The number of hydrogen-bond donors (Lipinski definition) is 1. The highest BCUT2D eigenvalue weighted by atomic mass is 15.0. The minimum atomic E-state index is 0.695. The first kappa shape index (κ1) is 8.79. The van der Waals surface area contributed by atoms with Gasteiger partial charge in [0.05, 0.1) is 12.7 Å². The zero-order valence-corrected chi connectivity index (χ0v) is 7.99. The molecule has 0 spiro atoms. The third-order valence-electron chi connectivity index (χ3n) is 1.90. The predicted molar refractivity (Wildman–Crippen MR) is 56.0 cm³/mol. The number of hydrogen-bond acceptors (Lipinski definition) is 2. The standard InChI is InChI=1S/C11H11N3/c1-12-7-4-5-10-9-13-11-6-2-3-8-14(10)11/h2-3,6,8-9,12H,7H2,1H3. The van der Waals surface area contributed by atoms with E-state index in [-0.39, 0.29) is 0 Å². The molecule has 3 heteroatoms. The Bertz CT molecular complexity index is 488. The van der Waals surface area contributed by atoms with Crippen molar-refractivity contribution in [2.45, 2.75) is 0 Å². The van der Waals surface area contributed by atoms with Crippen molar-refractivity contribution < 1.29 is 0 Å². The van der Waals surface area contributed by atoms with Gasteiger partial charge in [-0.1, -0.05) is 12.0 Å². The van der Waals surface area contributed by atoms with Gasteiger partial charge in [0.1, 0.15) is 11.3 Å². The summed E-state index contributed by atoms with van der Waals surface area (Å²) < 4.78 is 1.97. The quantitative estimate of drug-likeness (QED) is 0.669. The molecule has 0 saturated carbocycles. The first-order valence-electron chi connectivity index (χ1n) is 4.47. The fourth-order valence-electron chi connectivity index (χ4n) is 1.25. The zero-order valence-electron chi connectivity index (χ0n) is 7.99. The lowest BCUT2D eigenvalue weighted by Crippen LogP contribution is -2.04. The summed E-state index contributed by atoms with van der Waals surface area (Å²) in [6.45, 7) is 0.695. The van der Waals surface area contributed by atoms with Crippen LogP contribution in [0.15, 0.2) is 30.6 Å². The summed E-state index contributed by atoms with van der Waals surface area (Å²) in [4.78, 5) is 4.24. The van der Waals surface area contributed by atoms with Gasteiger partial charge < -0.3 is 5.32 Å². The largest absolute Gasteiger partial charge is 0.309 e. The summed E-state index contributed by atoms with van der Waals surface area (Å²) in [7, 11) is 1.88. The van der Waals surface area contributed by atoms with E-state index in [1.165, 1.54) is 0 Å². The fraction of sp³-hybridized carbons (Fsp3) is 0.182. The number of pyridine rings is 1. The van der Waals surface area contributed by atoms with E-state index >= 15 is 0 Å². The van der Waals surface area contributed by atoms with Gasteiger partial charge >= 0.3 is 0 Å². The van der Waals surface area contributed by atoms with E-state index in [1.54, 1.807) is 6.20 Å². The van der Waals surface area contributed by atoms with Crippen LogP contribution in [-0.2, 0) is 0 Å². The van der Waals surface area contributed by atoms with Gasteiger partial charge in [-0.15, -0.1) is 0 Å². The molecule has 0 aliphatic rings. The SMILES string of the molecule is CNCC#Cc1cnc2ccccn12. The van der Waals surface area contributed by atoms with Gasteiger partial charge in [0.15, 0.2) is 0 Å². The number of nitrogens with zero attached hydrogens (tertiary/aromatic N) is 2. The molecule has 0 aromatic carbocycles. The molecule has 0 amide bonds. The summed E-state index contributed by atoms with van der Waals surface area (Å²) in [6.07, 6.45) is 3.75. The van der Waals surface area contributed by atoms with Crippen LogP contribution in [0.1, 0.15) is 5.69 Å². The molecule has 0 atom stereocenters. The number of imidazole rings is 1. The molecule has 2 aromatic rings. The molecule has 14 heavy (non-hydrogen) atoms. The topological polar surface area (TPSA) is 29.3 Å². The summed E-state index contributed by atoms with van der Waals surface area (Å²) in [6, 6.07) is 5.90. The van der Waals surface area contributed by atoms with Crippen molar-refractivity contribution in [2.75, 3.05) is 13.6 Å². The highest BCUT2D eigenvalue weighted by Crippen LogP contribution is 2.03. The van der Waals surface area contributed by atoms with Gasteiger partial charge in [0, 0.05) is 6.20 Å². The molecular weight excluding hydrogens is 174 g/mol. The Labute approximate surface area is 82.8 Å². The highest BCUT2D eigenvalue weighted by Gasteiger charge is 1.96. The molecule has 0 aliphatic carbocycles. The molecule has 0 radical (unpaired) electrons. The Morgan fingerprint density at radius 2 is 2.43 bits per heavy atom. The van der Waals surface area contributed by atoms with E-state index in [0.29, 0.717) is 6.54 Å². The van der Waals surface area contributed by atoms with Crippen molar-refractivity contribution in [3.8, 4) is 11.8 Å². The van der Waals surface area contributed by atoms with Crippen LogP contribution in [0.25, 0.3) is 5.65 Å².